The molecule has 0 atom stereocenters. The molecule has 5 nitrogen and oxygen atoms in total. The Morgan fingerprint density at radius 1 is 1.10 bits per heavy atom. The Morgan fingerprint density at radius 3 is 2.75 bits per heavy atom. The van der Waals surface area contributed by atoms with Gasteiger partial charge in [-0.1, -0.05) is 36.8 Å². The van der Waals surface area contributed by atoms with Crippen LogP contribution in [0.5, 0.6) is 0 Å². The molecule has 0 unspecified atom stereocenters. The summed E-state index contributed by atoms with van der Waals surface area (Å²) in [7, 11) is 0. The van der Waals surface area contributed by atoms with Crippen LogP contribution in [0.1, 0.15) is 24.6 Å². The predicted molar refractivity (Wildman–Crippen MR) is 76.7 cm³/mol. The van der Waals surface area contributed by atoms with Crippen molar-refractivity contribution < 1.29 is 0 Å². The van der Waals surface area contributed by atoms with Crippen molar-refractivity contribution in [3.05, 3.63) is 60.2 Å². The summed E-state index contributed by atoms with van der Waals surface area (Å²) in [4.78, 5) is 0. The van der Waals surface area contributed by atoms with Gasteiger partial charge >= 0.3 is 0 Å². The summed E-state index contributed by atoms with van der Waals surface area (Å²) in [5.74, 6) is 0. The zero-order valence-corrected chi connectivity index (χ0v) is 11.5. The summed E-state index contributed by atoms with van der Waals surface area (Å²) in [5.41, 5.74) is 3.22. The van der Waals surface area contributed by atoms with Crippen LogP contribution in [0.3, 0.4) is 0 Å². The van der Waals surface area contributed by atoms with E-state index in [1.165, 1.54) is 0 Å². The Hall–Kier alpha value is -2.43. The van der Waals surface area contributed by atoms with Gasteiger partial charge in [0, 0.05) is 18.0 Å². The molecular formula is C15H17N5. The van der Waals surface area contributed by atoms with Gasteiger partial charge in [-0.25, -0.2) is 9.36 Å². The van der Waals surface area contributed by atoms with Gasteiger partial charge in [0.1, 0.15) is 0 Å². The number of nitrogens with zero attached hydrogens (tertiary/aromatic N) is 5. The fourth-order valence-electron chi connectivity index (χ4n) is 2.14. The second kappa shape index (κ2) is 5.69. The molecule has 0 fully saturated rings. The molecule has 0 amide bonds. The van der Waals surface area contributed by atoms with E-state index < -0.39 is 0 Å². The summed E-state index contributed by atoms with van der Waals surface area (Å²) in [5, 5.41) is 12.7. The maximum atomic E-state index is 4.38. The maximum absolute atomic E-state index is 4.38. The van der Waals surface area contributed by atoms with E-state index in [9.17, 15) is 0 Å². The van der Waals surface area contributed by atoms with E-state index >= 15 is 0 Å². The normalized spacial score (nSPS) is 10.8. The van der Waals surface area contributed by atoms with Crippen molar-refractivity contribution in [3.8, 4) is 5.69 Å². The van der Waals surface area contributed by atoms with Gasteiger partial charge in [0.05, 0.1) is 24.1 Å². The van der Waals surface area contributed by atoms with Gasteiger partial charge in [-0.2, -0.15) is 5.10 Å². The minimum Gasteiger partial charge on any atom is -0.248 e. The van der Waals surface area contributed by atoms with Crippen molar-refractivity contribution in [2.45, 2.75) is 26.3 Å². The molecule has 0 spiro atoms. The molecule has 2 aromatic heterocycles. The minimum absolute atomic E-state index is 0.698. The van der Waals surface area contributed by atoms with Crippen LogP contribution >= 0.6 is 0 Å². The lowest BCUT2D eigenvalue weighted by Gasteiger charge is -1.99. The predicted octanol–water partition coefficient (Wildman–Crippen LogP) is 2.46. The summed E-state index contributed by atoms with van der Waals surface area (Å²) in [6, 6.07) is 10.1. The zero-order chi connectivity index (χ0) is 13.8. The number of rotatable bonds is 5. The second-order valence-electron chi connectivity index (χ2n) is 4.79. The molecule has 0 radical (unpaired) electrons. The summed E-state index contributed by atoms with van der Waals surface area (Å²) >= 11 is 0. The number of hydrogen-bond donors (Lipinski definition) is 0. The molecule has 5 heteroatoms. The van der Waals surface area contributed by atoms with Crippen LogP contribution in [0, 0.1) is 0 Å². The Morgan fingerprint density at radius 2 is 1.95 bits per heavy atom. The smallest absolute Gasteiger partial charge is 0.0827 e. The SMILES string of the molecule is CCCc1cn(Cc2cnn(-c3ccccc3)c2)nn1. The van der Waals surface area contributed by atoms with Crippen molar-refractivity contribution in [2.75, 3.05) is 0 Å². The number of benzene rings is 1. The second-order valence-corrected chi connectivity index (χ2v) is 4.79. The Bertz CT molecular complexity index is 668. The van der Waals surface area contributed by atoms with E-state index in [1.54, 1.807) is 0 Å². The molecule has 0 bridgehead atoms. The Balaban J connectivity index is 1.73. The summed E-state index contributed by atoms with van der Waals surface area (Å²) in [6.07, 6.45) is 7.96. The first-order valence-corrected chi connectivity index (χ1v) is 6.83. The average molecular weight is 267 g/mol. The average Bonchev–Trinajstić information content (AvgIpc) is 3.11. The van der Waals surface area contributed by atoms with Crippen molar-refractivity contribution >= 4 is 0 Å². The maximum Gasteiger partial charge on any atom is 0.0827 e. The quantitative estimate of drug-likeness (QED) is 0.713. The summed E-state index contributed by atoms with van der Waals surface area (Å²) < 4.78 is 3.73. The molecule has 3 rings (SSSR count). The topological polar surface area (TPSA) is 48.5 Å². The molecule has 3 aromatic rings. The summed E-state index contributed by atoms with van der Waals surface area (Å²) in [6.45, 7) is 2.84. The van der Waals surface area contributed by atoms with Crippen LogP contribution in [-0.4, -0.2) is 24.8 Å². The van der Waals surface area contributed by atoms with E-state index in [4.69, 9.17) is 0 Å². The van der Waals surface area contributed by atoms with Crippen molar-refractivity contribution in [2.24, 2.45) is 0 Å². The number of hydrogen-bond acceptors (Lipinski definition) is 3. The van der Waals surface area contributed by atoms with Gasteiger partial charge in [-0.05, 0) is 18.6 Å². The van der Waals surface area contributed by atoms with Crippen LogP contribution in [-0.2, 0) is 13.0 Å². The standard InChI is InChI=1S/C15H17N5/c1-2-6-14-12-19(18-17-14)10-13-9-16-20(11-13)15-7-4-3-5-8-15/h3-5,7-9,11-12H,2,6,10H2,1H3. The largest absolute Gasteiger partial charge is 0.248 e. The first-order valence-electron chi connectivity index (χ1n) is 6.83. The molecule has 0 aliphatic rings. The van der Waals surface area contributed by atoms with E-state index in [-0.39, 0.29) is 0 Å². The van der Waals surface area contributed by atoms with Crippen LogP contribution in [0.2, 0.25) is 0 Å². The molecule has 2 heterocycles. The Labute approximate surface area is 117 Å². The van der Waals surface area contributed by atoms with Crippen molar-refractivity contribution in [1.29, 1.82) is 0 Å². The number of aromatic nitrogens is 5. The van der Waals surface area contributed by atoms with E-state index in [0.29, 0.717) is 6.54 Å². The highest BCUT2D eigenvalue weighted by Gasteiger charge is 2.04. The highest BCUT2D eigenvalue weighted by atomic mass is 15.4. The van der Waals surface area contributed by atoms with Gasteiger partial charge in [-0.15, -0.1) is 5.10 Å². The monoisotopic (exact) mass is 267 g/mol. The van der Waals surface area contributed by atoms with Crippen molar-refractivity contribution in [1.82, 2.24) is 24.8 Å². The first kappa shape index (κ1) is 12.6. The Kier molecular flexibility index (Phi) is 3.58. The molecule has 0 aliphatic carbocycles. The molecule has 0 N–H and O–H groups in total. The fraction of sp³-hybridized carbons (Fsp3) is 0.267. The highest BCUT2D eigenvalue weighted by Crippen LogP contribution is 2.09. The molecule has 0 saturated heterocycles. The van der Waals surface area contributed by atoms with Crippen LogP contribution in [0.25, 0.3) is 5.69 Å². The lowest BCUT2D eigenvalue weighted by Crippen LogP contribution is -1.99. The van der Waals surface area contributed by atoms with Crippen LogP contribution in [0.4, 0.5) is 0 Å². The molecule has 102 valence electrons. The molecule has 20 heavy (non-hydrogen) atoms. The van der Waals surface area contributed by atoms with E-state index in [2.05, 4.69) is 22.3 Å². The fourth-order valence-corrected chi connectivity index (χ4v) is 2.14. The molecule has 0 aliphatic heterocycles. The highest BCUT2D eigenvalue weighted by molar-refractivity contribution is 5.30. The van der Waals surface area contributed by atoms with Crippen LogP contribution < -0.4 is 0 Å². The zero-order valence-electron chi connectivity index (χ0n) is 11.5. The first-order chi connectivity index (χ1) is 9.85. The van der Waals surface area contributed by atoms with Gasteiger partial charge in [0.25, 0.3) is 0 Å². The van der Waals surface area contributed by atoms with Gasteiger partial charge < -0.3 is 0 Å². The third-order valence-corrected chi connectivity index (χ3v) is 3.09. The lowest BCUT2D eigenvalue weighted by atomic mass is 10.3. The third-order valence-electron chi connectivity index (χ3n) is 3.09. The molecule has 0 saturated carbocycles. The van der Waals surface area contributed by atoms with E-state index in [0.717, 1.165) is 29.8 Å². The van der Waals surface area contributed by atoms with Gasteiger partial charge in [-0.3, -0.25) is 0 Å². The minimum atomic E-state index is 0.698. The molecular weight excluding hydrogens is 250 g/mol. The lowest BCUT2D eigenvalue weighted by molar-refractivity contribution is 0.649. The number of para-hydroxylation sites is 1. The van der Waals surface area contributed by atoms with Gasteiger partial charge in [0.2, 0.25) is 0 Å². The van der Waals surface area contributed by atoms with Crippen molar-refractivity contribution in [3.63, 3.8) is 0 Å². The molecule has 1 aromatic carbocycles. The van der Waals surface area contributed by atoms with E-state index in [1.807, 2.05) is 58.3 Å². The third kappa shape index (κ3) is 2.77. The van der Waals surface area contributed by atoms with Crippen LogP contribution in [0.15, 0.2) is 48.9 Å². The number of aryl methyl sites for hydroxylation is 1. The van der Waals surface area contributed by atoms with Gasteiger partial charge in [0.15, 0.2) is 0 Å².